The molecule has 1 aliphatic rings. The highest BCUT2D eigenvalue weighted by atomic mass is 35.5. The average Bonchev–Trinajstić information content (AvgIpc) is 3.05. The van der Waals surface area contributed by atoms with Gasteiger partial charge in [-0.1, -0.05) is 29.8 Å². The Bertz CT molecular complexity index is 1070. The highest BCUT2D eigenvalue weighted by molar-refractivity contribution is 6.31. The van der Waals surface area contributed by atoms with E-state index in [1.165, 1.54) is 22.8 Å². The summed E-state index contributed by atoms with van der Waals surface area (Å²) in [6.45, 7) is -0.119. The summed E-state index contributed by atoms with van der Waals surface area (Å²) in [5.41, 5.74) is -1.27. The van der Waals surface area contributed by atoms with Crippen LogP contribution in [0.25, 0.3) is 10.8 Å². The number of nitrogens with one attached hydrogen (secondary N) is 2. The number of hydrogen-bond acceptors (Lipinski definition) is 3. The predicted octanol–water partition coefficient (Wildman–Crippen LogP) is 2.87. The van der Waals surface area contributed by atoms with Gasteiger partial charge in [-0.15, -0.1) is 0 Å². The highest BCUT2D eigenvalue weighted by Crippen LogP contribution is 2.34. The Balaban J connectivity index is 1.85. The molecule has 3 amide bonds. The van der Waals surface area contributed by atoms with E-state index in [1.807, 2.05) is 0 Å². The summed E-state index contributed by atoms with van der Waals surface area (Å²) >= 11 is 5.97. The van der Waals surface area contributed by atoms with Crippen LogP contribution in [0.15, 0.2) is 48.7 Å². The molecular weight excluding hydrogens is 361 g/mol. The van der Waals surface area contributed by atoms with Crippen molar-refractivity contribution in [3.05, 3.63) is 65.1 Å². The van der Waals surface area contributed by atoms with E-state index in [0.29, 0.717) is 15.8 Å². The van der Waals surface area contributed by atoms with Crippen molar-refractivity contribution in [2.75, 3.05) is 0 Å². The molecule has 0 radical (unpaired) electrons. The number of aromatic nitrogens is 1. The van der Waals surface area contributed by atoms with Crippen LogP contribution >= 0.6 is 11.6 Å². The Kier molecular flexibility index (Phi) is 3.62. The van der Waals surface area contributed by atoms with E-state index in [-0.39, 0.29) is 18.0 Å². The molecule has 0 saturated carbocycles. The first-order valence-electron chi connectivity index (χ1n) is 7.76. The van der Waals surface area contributed by atoms with Crippen LogP contribution in [0.1, 0.15) is 5.56 Å². The molecule has 0 bridgehead atoms. The quantitative estimate of drug-likeness (QED) is 0.617. The van der Waals surface area contributed by atoms with E-state index in [4.69, 9.17) is 11.6 Å². The van der Waals surface area contributed by atoms with Crippen molar-refractivity contribution in [3.63, 3.8) is 0 Å². The van der Waals surface area contributed by atoms with Crippen LogP contribution in [0.2, 0.25) is 5.02 Å². The SMILES string of the molecule is O=C1NC(=O)C(Cn2cc3ccc(Cl)cc3c2O)(c2cccc(F)c2)N1. The number of hydrogen-bond donors (Lipinski definition) is 3. The van der Waals surface area contributed by atoms with Gasteiger partial charge in [0.25, 0.3) is 5.91 Å². The number of amides is 3. The topological polar surface area (TPSA) is 83.4 Å². The summed E-state index contributed by atoms with van der Waals surface area (Å²) < 4.78 is 15.2. The predicted molar refractivity (Wildman–Crippen MR) is 93.4 cm³/mol. The zero-order valence-electron chi connectivity index (χ0n) is 13.3. The Morgan fingerprint density at radius 3 is 2.69 bits per heavy atom. The van der Waals surface area contributed by atoms with Crippen molar-refractivity contribution in [2.24, 2.45) is 0 Å². The Morgan fingerprint density at radius 1 is 1.19 bits per heavy atom. The molecule has 1 unspecified atom stereocenters. The van der Waals surface area contributed by atoms with Gasteiger partial charge in [0.15, 0.2) is 11.4 Å². The van der Waals surface area contributed by atoms with Crippen molar-refractivity contribution >= 4 is 34.3 Å². The average molecular weight is 374 g/mol. The molecule has 132 valence electrons. The van der Waals surface area contributed by atoms with Crippen LogP contribution in [0.3, 0.4) is 0 Å². The van der Waals surface area contributed by atoms with Gasteiger partial charge in [-0.2, -0.15) is 0 Å². The zero-order valence-corrected chi connectivity index (χ0v) is 14.0. The minimum Gasteiger partial charge on any atom is -0.494 e. The molecule has 3 N–H and O–H groups in total. The molecule has 1 aromatic heterocycles. The van der Waals surface area contributed by atoms with Crippen LogP contribution < -0.4 is 10.6 Å². The van der Waals surface area contributed by atoms with E-state index < -0.39 is 23.3 Å². The van der Waals surface area contributed by atoms with Crippen molar-refractivity contribution in [3.8, 4) is 5.88 Å². The lowest BCUT2D eigenvalue weighted by atomic mass is 9.89. The summed E-state index contributed by atoms with van der Waals surface area (Å²) in [4.78, 5) is 24.4. The smallest absolute Gasteiger partial charge is 0.322 e. The summed E-state index contributed by atoms with van der Waals surface area (Å²) in [6.07, 6.45) is 1.64. The second-order valence-electron chi connectivity index (χ2n) is 6.14. The van der Waals surface area contributed by atoms with Crippen LogP contribution in [0, 0.1) is 5.82 Å². The van der Waals surface area contributed by atoms with Gasteiger partial charge >= 0.3 is 6.03 Å². The number of aromatic hydroxyl groups is 1. The van der Waals surface area contributed by atoms with E-state index in [1.54, 1.807) is 30.5 Å². The number of carbonyl (C=O) groups is 2. The Morgan fingerprint density at radius 2 is 2.00 bits per heavy atom. The second kappa shape index (κ2) is 5.74. The normalized spacial score (nSPS) is 19.6. The third-order valence-electron chi connectivity index (χ3n) is 4.49. The molecule has 0 aliphatic carbocycles. The number of rotatable bonds is 3. The number of fused-ring (bicyclic) bond motifs is 1. The maximum atomic E-state index is 13.7. The van der Waals surface area contributed by atoms with Crippen molar-refractivity contribution in [1.82, 2.24) is 15.2 Å². The first kappa shape index (κ1) is 16.4. The summed E-state index contributed by atoms with van der Waals surface area (Å²) in [6, 6.07) is 9.76. The Hall–Kier alpha value is -3.06. The van der Waals surface area contributed by atoms with Crippen molar-refractivity contribution in [2.45, 2.75) is 12.1 Å². The maximum absolute atomic E-state index is 13.7. The molecule has 0 spiro atoms. The van der Waals surface area contributed by atoms with Gasteiger partial charge in [0, 0.05) is 22.0 Å². The van der Waals surface area contributed by atoms with Gasteiger partial charge in [-0.3, -0.25) is 10.1 Å². The number of urea groups is 1. The molecule has 26 heavy (non-hydrogen) atoms. The van der Waals surface area contributed by atoms with Gasteiger partial charge in [0.1, 0.15) is 5.82 Å². The monoisotopic (exact) mass is 373 g/mol. The van der Waals surface area contributed by atoms with Gasteiger partial charge in [0.2, 0.25) is 0 Å². The molecule has 1 aliphatic heterocycles. The lowest BCUT2D eigenvalue weighted by Gasteiger charge is -2.27. The van der Waals surface area contributed by atoms with Crippen LogP contribution in [-0.2, 0) is 16.9 Å². The minimum atomic E-state index is -1.55. The van der Waals surface area contributed by atoms with Gasteiger partial charge < -0.3 is 15.0 Å². The number of halogens is 2. The van der Waals surface area contributed by atoms with Gasteiger partial charge in [-0.05, 0) is 29.8 Å². The van der Waals surface area contributed by atoms with Crippen molar-refractivity contribution in [1.29, 1.82) is 0 Å². The largest absolute Gasteiger partial charge is 0.494 e. The minimum absolute atomic E-state index is 0.104. The fourth-order valence-electron chi connectivity index (χ4n) is 3.25. The van der Waals surface area contributed by atoms with Gasteiger partial charge in [0.05, 0.1) is 6.54 Å². The Labute approximate surface area is 152 Å². The third-order valence-corrected chi connectivity index (χ3v) is 4.72. The summed E-state index contributed by atoms with van der Waals surface area (Å²) in [7, 11) is 0. The summed E-state index contributed by atoms with van der Waals surface area (Å²) in [5, 5.41) is 17.0. The number of nitrogens with zero attached hydrogens (tertiary/aromatic N) is 1. The van der Waals surface area contributed by atoms with E-state index in [2.05, 4.69) is 10.6 Å². The number of carbonyl (C=O) groups excluding carboxylic acids is 2. The van der Waals surface area contributed by atoms with Crippen LogP contribution in [-0.4, -0.2) is 21.6 Å². The van der Waals surface area contributed by atoms with Crippen LogP contribution in [0.4, 0.5) is 9.18 Å². The second-order valence-corrected chi connectivity index (χ2v) is 6.57. The number of imide groups is 1. The fraction of sp³-hybridized carbons (Fsp3) is 0.111. The first-order valence-corrected chi connectivity index (χ1v) is 8.14. The molecule has 8 heteroatoms. The summed E-state index contributed by atoms with van der Waals surface area (Å²) in [5.74, 6) is -1.26. The third kappa shape index (κ3) is 2.48. The zero-order chi connectivity index (χ0) is 18.5. The molecule has 4 rings (SSSR count). The van der Waals surface area contributed by atoms with Gasteiger partial charge in [-0.25, -0.2) is 9.18 Å². The van der Waals surface area contributed by atoms with Crippen molar-refractivity contribution < 1.29 is 19.1 Å². The molecular formula is C18H13ClFN3O3. The number of benzene rings is 2. The molecule has 2 aromatic carbocycles. The van der Waals surface area contributed by atoms with E-state index in [9.17, 15) is 19.1 Å². The lowest BCUT2D eigenvalue weighted by Crippen LogP contribution is -2.47. The standard InChI is InChI=1S/C18H13ClFN3O3/c19-12-5-4-10-8-23(15(24)14(10)7-12)9-18(16(25)21-17(26)22-18)11-2-1-3-13(20)6-11/h1-8,24H,9H2,(H2,21,22,25,26). The molecule has 3 aromatic rings. The molecule has 2 heterocycles. The molecule has 1 fully saturated rings. The molecule has 6 nitrogen and oxygen atoms in total. The molecule has 1 atom stereocenters. The molecule has 1 saturated heterocycles. The highest BCUT2D eigenvalue weighted by Gasteiger charge is 2.48. The van der Waals surface area contributed by atoms with E-state index >= 15 is 0 Å². The first-order chi connectivity index (χ1) is 12.4. The lowest BCUT2D eigenvalue weighted by molar-refractivity contribution is -0.124. The maximum Gasteiger partial charge on any atom is 0.322 e. The van der Waals surface area contributed by atoms with E-state index in [0.717, 1.165) is 0 Å². The van der Waals surface area contributed by atoms with Crippen LogP contribution in [0.5, 0.6) is 5.88 Å². The fourth-order valence-corrected chi connectivity index (χ4v) is 3.42.